The summed E-state index contributed by atoms with van der Waals surface area (Å²) >= 11 is 0. The van der Waals surface area contributed by atoms with Crippen molar-refractivity contribution in [2.24, 2.45) is 0 Å². The Labute approximate surface area is 96.0 Å². The lowest BCUT2D eigenvalue weighted by molar-refractivity contribution is 0.387. The minimum absolute atomic E-state index is 0.229. The van der Waals surface area contributed by atoms with Gasteiger partial charge in [0.15, 0.2) is 11.6 Å². The molecule has 0 aliphatic rings. The van der Waals surface area contributed by atoms with E-state index in [0.29, 0.717) is 5.69 Å². The van der Waals surface area contributed by atoms with Gasteiger partial charge < -0.3 is 15.4 Å². The molecule has 0 fully saturated rings. The predicted molar refractivity (Wildman–Crippen MR) is 65.5 cm³/mol. The zero-order valence-corrected chi connectivity index (χ0v) is 10.1. The molecule has 4 heteroatoms. The van der Waals surface area contributed by atoms with E-state index in [-0.39, 0.29) is 5.75 Å². The highest BCUT2D eigenvalue weighted by Crippen LogP contribution is 2.30. The molecule has 0 radical (unpaired) electrons. The zero-order chi connectivity index (χ0) is 12.1. The van der Waals surface area contributed by atoms with Gasteiger partial charge in [-0.1, -0.05) is 13.3 Å². The monoisotopic (exact) mass is 226 g/mol. The molecule has 1 aromatic rings. The lowest BCUT2D eigenvalue weighted by atomic mass is 10.2. The van der Waals surface area contributed by atoms with Gasteiger partial charge in [0.25, 0.3) is 0 Å². The number of nitrogen functional groups attached to an aromatic ring is 1. The third kappa shape index (κ3) is 2.78. The number of methoxy groups -OCH3 is 1. The van der Waals surface area contributed by atoms with Crippen molar-refractivity contribution in [1.82, 2.24) is 0 Å². The molecule has 1 rings (SSSR count). The van der Waals surface area contributed by atoms with Gasteiger partial charge in [-0.2, -0.15) is 0 Å². The quantitative estimate of drug-likeness (QED) is 0.784. The summed E-state index contributed by atoms with van der Waals surface area (Å²) in [5, 5.41) is 0. The summed E-state index contributed by atoms with van der Waals surface area (Å²) < 4.78 is 18.3. The maximum atomic E-state index is 13.3. The molecule has 1 aromatic carbocycles. The molecule has 0 aromatic heterocycles. The number of ether oxygens (including phenoxy) is 1. The van der Waals surface area contributed by atoms with Crippen LogP contribution in [0.4, 0.5) is 15.8 Å². The number of nitrogens with zero attached hydrogens (tertiary/aromatic N) is 1. The van der Waals surface area contributed by atoms with E-state index in [1.54, 1.807) is 6.07 Å². The lowest BCUT2D eigenvalue weighted by Gasteiger charge is -2.21. The lowest BCUT2D eigenvalue weighted by Crippen LogP contribution is -2.19. The van der Waals surface area contributed by atoms with E-state index in [9.17, 15) is 4.39 Å². The fourth-order valence-electron chi connectivity index (χ4n) is 1.56. The molecule has 0 aliphatic heterocycles. The number of unbranched alkanes of at least 4 members (excludes halogenated alkanes) is 1. The second kappa shape index (κ2) is 5.58. The van der Waals surface area contributed by atoms with Crippen molar-refractivity contribution in [2.45, 2.75) is 19.8 Å². The summed E-state index contributed by atoms with van der Waals surface area (Å²) in [5.41, 5.74) is 7.03. The van der Waals surface area contributed by atoms with Crippen molar-refractivity contribution < 1.29 is 9.13 Å². The molecule has 0 aliphatic carbocycles. The highest BCUT2D eigenvalue weighted by atomic mass is 19.1. The van der Waals surface area contributed by atoms with Crippen LogP contribution in [-0.4, -0.2) is 20.7 Å². The maximum Gasteiger partial charge on any atom is 0.167 e. The topological polar surface area (TPSA) is 38.5 Å². The first-order valence-electron chi connectivity index (χ1n) is 5.44. The van der Waals surface area contributed by atoms with E-state index < -0.39 is 5.82 Å². The number of anilines is 2. The Morgan fingerprint density at radius 1 is 1.44 bits per heavy atom. The molecule has 3 nitrogen and oxygen atoms in total. The van der Waals surface area contributed by atoms with E-state index in [1.165, 1.54) is 13.2 Å². The average Bonchev–Trinajstić information content (AvgIpc) is 2.26. The zero-order valence-electron chi connectivity index (χ0n) is 10.1. The molecule has 0 bridgehead atoms. The molecule has 0 saturated carbocycles. The first-order valence-corrected chi connectivity index (χ1v) is 5.44. The van der Waals surface area contributed by atoms with Crippen LogP contribution in [0.2, 0.25) is 0 Å². The van der Waals surface area contributed by atoms with Crippen molar-refractivity contribution in [2.75, 3.05) is 31.3 Å². The Morgan fingerprint density at radius 2 is 2.12 bits per heavy atom. The van der Waals surface area contributed by atoms with Crippen LogP contribution >= 0.6 is 0 Å². The van der Waals surface area contributed by atoms with Crippen molar-refractivity contribution in [3.63, 3.8) is 0 Å². The van der Waals surface area contributed by atoms with Gasteiger partial charge in [0, 0.05) is 25.7 Å². The Kier molecular flexibility index (Phi) is 4.40. The fourth-order valence-corrected chi connectivity index (χ4v) is 1.56. The summed E-state index contributed by atoms with van der Waals surface area (Å²) in [6, 6.07) is 2.94. The van der Waals surface area contributed by atoms with Crippen LogP contribution in [0.15, 0.2) is 12.1 Å². The second-order valence-corrected chi connectivity index (χ2v) is 3.82. The van der Waals surface area contributed by atoms with Crippen molar-refractivity contribution in [3.8, 4) is 5.75 Å². The first kappa shape index (κ1) is 12.6. The van der Waals surface area contributed by atoms with Gasteiger partial charge in [-0.25, -0.2) is 4.39 Å². The third-order valence-electron chi connectivity index (χ3n) is 2.56. The summed E-state index contributed by atoms with van der Waals surface area (Å²) in [7, 11) is 3.39. The predicted octanol–water partition coefficient (Wildman–Crippen LogP) is 2.65. The van der Waals surface area contributed by atoms with Crippen molar-refractivity contribution >= 4 is 11.4 Å². The van der Waals surface area contributed by atoms with E-state index in [1.807, 2.05) is 11.9 Å². The van der Waals surface area contributed by atoms with E-state index in [0.717, 1.165) is 25.1 Å². The summed E-state index contributed by atoms with van der Waals surface area (Å²) in [5.74, 6) is -0.194. The molecule has 0 spiro atoms. The molecule has 0 saturated heterocycles. The van der Waals surface area contributed by atoms with Crippen LogP contribution in [0.3, 0.4) is 0 Å². The first-order chi connectivity index (χ1) is 7.60. The van der Waals surface area contributed by atoms with Crippen LogP contribution < -0.4 is 15.4 Å². The summed E-state index contributed by atoms with van der Waals surface area (Å²) in [6.45, 7) is 3.03. The molecule has 0 amide bonds. The number of rotatable bonds is 5. The van der Waals surface area contributed by atoms with E-state index in [2.05, 4.69) is 6.92 Å². The normalized spacial score (nSPS) is 10.2. The number of halogens is 1. The van der Waals surface area contributed by atoms with E-state index >= 15 is 0 Å². The highest BCUT2D eigenvalue weighted by Gasteiger charge is 2.11. The molecule has 0 atom stereocenters. The molecular weight excluding hydrogens is 207 g/mol. The van der Waals surface area contributed by atoms with Gasteiger partial charge in [0.2, 0.25) is 0 Å². The number of hydrogen-bond donors (Lipinski definition) is 1. The van der Waals surface area contributed by atoms with Crippen LogP contribution in [0.25, 0.3) is 0 Å². The Morgan fingerprint density at radius 3 is 2.69 bits per heavy atom. The minimum Gasteiger partial charge on any atom is -0.494 e. The van der Waals surface area contributed by atoms with Crippen LogP contribution in [0.5, 0.6) is 5.75 Å². The molecular formula is C12H19FN2O. The minimum atomic E-state index is -0.423. The Bertz CT molecular complexity index is 355. The molecule has 16 heavy (non-hydrogen) atoms. The summed E-state index contributed by atoms with van der Waals surface area (Å²) in [4.78, 5) is 2.01. The van der Waals surface area contributed by atoms with Gasteiger partial charge in [-0.05, 0) is 6.42 Å². The van der Waals surface area contributed by atoms with Gasteiger partial charge in [0.05, 0.1) is 18.5 Å². The van der Waals surface area contributed by atoms with Gasteiger partial charge >= 0.3 is 0 Å². The Hall–Kier alpha value is -1.45. The molecule has 0 unspecified atom stereocenters. The van der Waals surface area contributed by atoms with Gasteiger partial charge in [0.1, 0.15) is 0 Å². The number of nitrogens with two attached hydrogens (primary N) is 1. The van der Waals surface area contributed by atoms with Gasteiger partial charge in [-0.3, -0.25) is 0 Å². The number of benzene rings is 1. The highest BCUT2D eigenvalue weighted by molar-refractivity contribution is 5.69. The van der Waals surface area contributed by atoms with Crippen LogP contribution in [0.1, 0.15) is 19.8 Å². The molecule has 0 heterocycles. The van der Waals surface area contributed by atoms with Crippen molar-refractivity contribution in [1.29, 1.82) is 0 Å². The second-order valence-electron chi connectivity index (χ2n) is 3.82. The number of hydrogen-bond acceptors (Lipinski definition) is 3. The summed E-state index contributed by atoms with van der Waals surface area (Å²) in [6.07, 6.45) is 2.19. The Balaban J connectivity index is 2.94. The molecule has 90 valence electrons. The van der Waals surface area contributed by atoms with Crippen LogP contribution in [-0.2, 0) is 0 Å². The van der Waals surface area contributed by atoms with Gasteiger partial charge in [-0.15, -0.1) is 0 Å². The third-order valence-corrected chi connectivity index (χ3v) is 2.56. The van der Waals surface area contributed by atoms with Crippen molar-refractivity contribution in [3.05, 3.63) is 17.9 Å². The SMILES string of the molecule is CCCCN(C)c1cc(OC)c(F)cc1N. The van der Waals surface area contributed by atoms with E-state index in [4.69, 9.17) is 10.5 Å². The smallest absolute Gasteiger partial charge is 0.167 e. The van der Waals surface area contributed by atoms with Crippen LogP contribution in [0, 0.1) is 5.82 Å². The maximum absolute atomic E-state index is 13.3. The molecule has 2 N–H and O–H groups in total. The standard InChI is InChI=1S/C12H19FN2O/c1-4-5-6-15(2)11-8-12(16-3)9(13)7-10(11)14/h7-8H,4-6,14H2,1-3H3. The fraction of sp³-hybridized carbons (Fsp3) is 0.500. The largest absolute Gasteiger partial charge is 0.494 e. The average molecular weight is 226 g/mol.